The summed E-state index contributed by atoms with van der Waals surface area (Å²) in [6.45, 7) is 0. The highest BCUT2D eigenvalue weighted by molar-refractivity contribution is 5.43. The van der Waals surface area contributed by atoms with E-state index >= 15 is 0 Å². The van der Waals surface area contributed by atoms with Crippen molar-refractivity contribution in [2.75, 3.05) is 14.1 Å². The maximum atomic E-state index is 11.5. The van der Waals surface area contributed by atoms with Crippen LogP contribution >= 0.6 is 0 Å². The molecule has 0 unspecified atom stereocenters. The van der Waals surface area contributed by atoms with E-state index in [1.54, 1.807) is 19.3 Å². The first-order chi connectivity index (χ1) is 6.93. The highest BCUT2D eigenvalue weighted by Crippen LogP contribution is 1.94. The van der Waals surface area contributed by atoms with E-state index in [-0.39, 0.29) is 11.2 Å². The molecule has 0 aliphatic carbocycles. The molecule has 0 atom stereocenters. The Kier molecular flexibility index (Phi) is 3.14. The van der Waals surface area contributed by atoms with Crippen LogP contribution in [0.4, 0.5) is 0 Å². The molecule has 0 amide bonds. The van der Waals surface area contributed by atoms with Crippen LogP contribution in [0.25, 0.3) is 6.08 Å². The molecule has 0 radical (unpaired) electrons. The molecule has 0 saturated heterocycles. The molecule has 82 valence electrons. The zero-order valence-corrected chi connectivity index (χ0v) is 9.39. The van der Waals surface area contributed by atoms with Gasteiger partial charge in [0.1, 0.15) is 0 Å². The van der Waals surface area contributed by atoms with Crippen LogP contribution in [0.5, 0.6) is 0 Å². The predicted molar refractivity (Wildman–Crippen MR) is 59.6 cm³/mol. The molecule has 15 heavy (non-hydrogen) atoms. The quantitative estimate of drug-likeness (QED) is 0.667. The monoisotopic (exact) mass is 209 g/mol. The fourth-order valence-electron chi connectivity index (χ4n) is 1.14. The molecule has 0 bridgehead atoms. The van der Waals surface area contributed by atoms with Gasteiger partial charge in [0.05, 0.1) is 5.69 Å². The van der Waals surface area contributed by atoms with E-state index in [2.05, 4.69) is 0 Å². The molecule has 1 heterocycles. The molecule has 0 saturated carbocycles. The van der Waals surface area contributed by atoms with Crippen LogP contribution in [0.15, 0.2) is 21.9 Å². The van der Waals surface area contributed by atoms with Crippen molar-refractivity contribution in [2.24, 2.45) is 14.1 Å². The summed E-state index contributed by atoms with van der Waals surface area (Å²) < 4.78 is 2.51. The van der Waals surface area contributed by atoms with Crippen molar-refractivity contribution in [3.63, 3.8) is 0 Å². The van der Waals surface area contributed by atoms with Gasteiger partial charge >= 0.3 is 5.69 Å². The van der Waals surface area contributed by atoms with Gasteiger partial charge in [-0.2, -0.15) is 0 Å². The molecule has 5 heteroatoms. The average Bonchev–Trinajstić information content (AvgIpc) is 2.18. The largest absolute Gasteiger partial charge is 0.383 e. The number of nitrogens with zero attached hydrogens (tertiary/aromatic N) is 3. The maximum absolute atomic E-state index is 11.5. The lowest BCUT2D eigenvalue weighted by atomic mass is 10.3. The lowest BCUT2D eigenvalue weighted by Gasteiger charge is -2.07. The minimum Gasteiger partial charge on any atom is -0.383 e. The summed E-state index contributed by atoms with van der Waals surface area (Å²) in [6.07, 6.45) is 3.51. The van der Waals surface area contributed by atoms with Crippen molar-refractivity contribution in [3.8, 4) is 0 Å². The molecule has 5 nitrogen and oxygen atoms in total. The van der Waals surface area contributed by atoms with E-state index in [1.807, 2.05) is 19.0 Å². The van der Waals surface area contributed by atoms with Gasteiger partial charge in [-0.05, 0) is 6.08 Å². The smallest absolute Gasteiger partial charge is 0.330 e. The second kappa shape index (κ2) is 4.16. The Labute approximate surface area is 87.9 Å². The molecule has 1 rings (SSSR count). The van der Waals surface area contributed by atoms with E-state index in [0.29, 0.717) is 5.69 Å². The van der Waals surface area contributed by atoms with Gasteiger partial charge in [0.2, 0.25) is 0 Å². The van der Waals surface area contributed by atoms with Crippen LogP contribution in [0.1, 0.15) is 5.69 Å². The summed E-state index contributed by atoms with van der Waals surface area (Å²) in [5.41, 5.74) is -0.0192. The van der Waals surface area contributed by atoms with E-state index in [4.69, 9.17) is 0 Å². The van der Waals surface area contributed by atoms with Gasteiger partial charge in [-0.1, -0.05) is 0 Å². The second-order valence-corrected chi connectivity index (χ2v) is 3.59. The first-order valence-corrected chi connectivity index (χ1v) is 4.55. The number of hydrogen-bond acceptors (Lipinski definition) is 3. The van der Waals surface area contributed by atoms with Crippen molar-refractivity contribution >= 4 is 6.08 Å². The summed E-state index contributed by atoms with van der Waals surface area (Å²) in [7, 11) is 6.84. The molecule has 0 aliphatic rings. The Morgan fingerprint density at radius 1 is 1.20 bits per heavy atom. The minimum atomic E-state index is -0.319. The molecule has 0 N–H and O–H groups in total. The van der Waals surface area contributed by atoms with Crippen molar-refractivity contribution < 1.29 is 0 Å². The van der Waals surface area contributed by atoms with E-state index in [9.17, 15) is 9.59 Å². The maximum Gasteiger partial charge on any atom is 0.330 e. The number of aromatic nitrogens is 2. The van der Waals surface area contributed by atoms with Crippen molar-refractivity contribution in [3.05, 3.63) is 38.8 Å². The zero-order valence-electron chi connectivity index (χ0n) is 9.39. The fraction of sp³-hybridized carbons (Fsp3) is 0.400. The van der Waals surface area contributed by atoms with Crippen molar-refractivity contribution in [1.82, 2.24) is 14.0 Å². The van der Waals surface area contributed by atoms with E-state index in [0.717, 1.165) is 4.57 Å². The molecule has 1 aromatic heterocycles. The highest BCUT2D eigenvalue weighted by Gasteiger charge is 2.02. The average molecular weight is 209 g/mol. The summed E-state index contributed by atoms with van der Waals surface area (Å²) >= 11 is 0. The van der Waals surface area contributed by atoms with Crippen molar-refractivity contribution in [1.29, 1.82) is 0 Å². The van der Waals surface area contributed by atoms with Crippen LogP contribution in [0.3, 0.4) is 0 Å². The Morgan fingerprint density at radius 2 is 1.80 bits per heavy atom. The first kappa shape index (κ1) is 11.3. The van der Waals surface area contributed by atoms with E-state index in [1.165, 1.54) is 17.7 Å². The molecular weight excluding hydrogens is 194 g/mol. The van der Waals surface area contributed by atoms with Crippen molar-refractivity contribution in [2.45, 2.75) is 0 Å². The summed E-state index contributed by atoms with van der Waals surface area (Å²) in [4.78, 5) is 24.7. The van der Waals surface area contributed by atoms with Crippen LogP contribution in [-0.4, -0.2) is 28.1 Å². The Bertz CT molecular complexity index is 494. The fourth-order valence-corrected chi connectivity index (χ4v) is 1.14. The van der Waals surface area contributed by atoms with Gasteiger partial charge in [0, 0.05) is 40.5 Å². The molecule has 0 fully saturated rings. The van der Waals surface area contributed by atoms with Gasteiger partial charge < -0.3 is 4.90 Å². The predicted octanol–water partition coefficient (Wildman–Crippen LogP) is -0.384. The van der Waals surface area contributed by atoms with Crippen LogP contribution < -0.4 is 11.2 Å². The van der Waals surface area contributed by atoms with Crippen LogP contribution in [-0.2, 0) is 14.1 Å². The molecule has 1 aromatic rings. The number of rotatable bonds is 2. The highest BCUT2D eigenvalue weighted by atomic mass is 16.2. The third-order valence-corrected chi connectivity index (χ3v) is 2.11. The van der Waals surface area contributed by atoms with Crippen LogP contribution in [0, 0.1) is 0 Å². The normalized spacial score (nSPS) is 10.9. The molecular formula is C10H15N3O2. The number of hydrogen-bond donors (Lipinski definition) is 0. The van der Waals surface area contributed by atoms with Gasteiger partial charge in [0.25, 0.3) is 5.56 Å². The summed E-state index contributed by atoms with van der Waals surface area (Å²) in [5.74, 6) is 0. The molecule has 0 aromatic carbocycles. The first-order valence-electron chi connectivity index (χ1n) is 4.55. The third kappa shape index (κ3) is 2.37. The Hall–Kier alpha value is -1.78. The van der Waals surface area contributed by atoms with Crippen LogP contribution in [0.2, 0.25) is 0 Å². The Balaban J connectivity index is 3.34. The van der Waals surface area contributed by atoms with Gasteiger partial charge in [-0.15, -0.1) is 0 Å². The van der Waals surface area contributed by atoms with E-state index < -0.39 is 0 Å². The lowest BCUT2D eigenvalue weighted by molar-refractivity contribution is 0.566. The minimum absolute atomic E-state index is 0.295. The standard InChI is InChI=1S/C10H15N3O2/c1-11(2)6-5-8-7-9(14)13(4)10(15)12(8)3/h5-7H,1-4H3. The summed E-state index contributed by atoms with van der Waals surface area (Å²) in [6, 6.07) is 1.43. The van der Waals surface area contributed by atoms with Gasteiger partial charge in [-0.25, -0.2) is 4.79 Å². The lowest BCUT2D eigenvalue weighted by Crippen LogP contribution is -2.37. The summed E-state index contributed by atoms with van der Waals surface area (Å²) in [5, 5.41) is 0. The van der Waals surface area contributed by atoms with Gasteiger partial charge in [-0.3, -0.25) is 13.9 Å². The molecule has 0 spiro atoms. The van der Waals surface area contributed by atoms with Gasteiger partial charge in [0.15, 0.2) is 0 Å². The topological polar surface area (TPSA) is 47.2 Å². The molecule has 0 aliphatic heterocycles. The zero-order chi connectivity index (χ0) is 11.6. The Morgan fingerprint density at radius 3 is 2.33 bits per heavy atom. The second-order valence-electron chi connectivity index (χ2n) is 3.59. The third-order valence-electron chi connectivity index (χ3n) is 2.11. The SMILES string of the molecule is CN(C)C=Cc1cc(=O)n(C)c(=O)n1C.